The molecule has 2 heterocycles. The van der Waals surface area contributed by atoms with Gasteiger partial charge in [0.25, 0.3) is 5.69 Å². The number of nitrogens with zero attached hydrogens (tertiary/aromatic N) is 4. The first-order valence-electron chi connectivity index (χ1n) is 8.78. The van der Waals surface area contributed by atoms with Gasteiger partial charge in [-0.2, -0.15) is 5.10 Å². The molecule has 8 nitrogen and oxygen atoms in total. The molecule has 0 bridgehead atoms. The Hall–Kier alpha value is -4.07. The Kier molecular flexibility index (Phi) is 4.52. The number of non-ortho nitro benzene ring substituents is 1. The number of aromatic nitrogens is 3. The van der Waals surface area contributed by atoms with E-state index in [-0.39, 0.29) is 5.69 Å². The van der Waals surface area contributed by atoms with Crippen molar-refractivity contribution in [2.45, 2.75) is 6.92 Å². The summed E-state index contributed by atoms with van der Waals surface area (Å²) in [7, 11) is 1.30. The molecule has 0 amide bonds. The molecule has 0 N–H and O–H groups in total. The fourth-order valence-electron chi connectivity index (χ4n) is 3.24. The summed E-state index contributed by atoms with van der Waals surface area (Å²) in [6.45, 7) is 1.79. The van der Waals surface area contributed by atoms with Crippen LogP contribution in [0.2, 0.25) is 0 Å². The first-order valence-corrected chi connectivity index (χ1v) is 8.78. The van der Waals surface area contributed by atoms with Gasteiger partial charge in [0, 0.05) is 17.7 Å². The number of para-hydroxylation sites is 1. The highest BCUT2D eigenvalue weighted by Crippen LogP contribution is 2.30. The monoisotopic (exact) mass is 388 g/mol. The number of pyridine rings is 1. The number of methoxy groups -OCH3 is 1. The molecule has 0 aliphatic rings. The van der Waals surface area contributed by atoms with Gasteiger partial charge in [-0.25, -0.2) is 14.5 Å². The molecule has 0 aliphatic heterocycles. The first kappa shape index (κ1) is 18.3. The lowest BCUT2D eigenvalue weighted by Gasteiger charge is -2.08. The van der Waals surface area contributed by atoms with Gasteiger partial charge in [-0.05, 0) is 25.1 Å². The van der Waals surface area contributed by atoms with Crippen molar-refractivity contribution in [3.05, 3.63) is 82.0 Å². The van der Waals surface area contributed by atoms with Gasteiger partial charge in [0.2, 0.25) is 0 Å². The third kappa shape index (κ3) is 3.20. The quantitative estimate of drug-likeness (QED) is 0.296. The first-order chi connectivity index (χ1) is 14.0. The van der Waals surface area contributed by atoms with Crippen LogP contribution in [0.5, 0.6) is 0 Å². The zero-order valence-corrected chi connectivity index (χ0v) is 15.7. The van der Waals surface area contributed by atoms with Crippen LogP contribution in [0.1, 0.15) is 16.1 Å². The molecule has 4 rings (SSSR count). The van der Waals surface area contributed by atoms with Crippen molar-refractivity contribution in [1.29, 1.82) is 0 Å². The van der Waals surface area contributed by atoms with E-state index in [0.717, 1.165) is 5.69 Å². The van der Waals surface area contributed by atoms with Crippen LogP contribution in [0.3, 0.4) is 0 Å². The van der Waals surface area contributed by atoms with E-state index in [1.54, 1.807) is 29.8 Å². The summed E-state index contributed by atoms with van der Waals surface area (Å²) in [5.74, 6) is -0.528. The number of rotatable bonds is 4. The fraction of sp³-hybridized carbons (Fsp3) is 0.0952. The Bertz CT molecular complexity index is 1250. The number of aryl methyl sites for hydroxylation is 1. The second-order valence-electron chi connectivity index (χ2n) is 6.39. The number of carbonyl (C=O) groups excluding carboxylic acids is 1. The van der Waals surface area contributed by atoms with Crippen molar-refractivity contribution in [2.24, 2.45) is 0 Å². The highest BCUT2D eigenvalue weighted by molar-refractivity contribution is 6.05. The van der Waals surface area contributed by atoms with E-state index in [1.807, 2.05) is 30.3 Å². The summed E-state index contributed by atoms with van der Waals surface area (Å²) in [6, 6.07) is 17.1. The van der Waals surface area contributed by atoms with Crippen LogP contribution in [0, 0.1) is 17.0 Å². The van der Waals surface area contributed by atoms with Crippen LogP contribution in [0.25, 0.3) is 28.0 Å². The number of hydrogen-bond donors (Lipinski definition) is 0. The van der Waals surface area contributed by atoms with Crippen LogP contribution >= 0.6 is 0 Å². The molecule has 29 heavy (non-hydrogen) atoms. The van der Waals surface area contributed by atoms with E-state index >= 15 is 0 Å². The Morgan fingerprint density at radius 1 is 1.10 bits per heavy atom. The van der Waals surface area contributed by atoms with Gasteiger partial charge >= 0.3 is 5.97 Å². The molecule has 0 saturated heterocycles. The van der Waals surface area contributed by atoms with E-state index < -0.39 is 10.9 Å². The molecular weight excluding hydrogens is 372 g/mol. The van der Waals surface area contributed by atoms with Gasteiger partial charge in [0.1, 0.15) is 0 Å². The Balaban J connectivity index is 2.03. The zero-order chi connectivity index (χ0) is 20.5. The summed E-state index contributed by atoms with van der Waals surface area (Å²) in [6.07, 6.45) is 0. The van der Waals surface area contributed by atoms with E-state index in [4.69, 9.17) is 9.72 Å². The average molecular weight is 388 g/mol. The normalized spacial score (nSPS) is 10.8. The molecule has 0 unspecified atom stereocenters. The van der Waals surface area contributed by atoms with Crippen molar-refractivity contribution < 1.29 is 14.5 Å². The minimum atomic E-state index is -0.528. The number of hydrogen-bond acceptors (Lipinski definition) is 6. The lowest BCUT2D eigenvalue weighted by Crippen LogP contribution is -2.05. The third-order valence-corrected chi connectivity index (χ3v) is 4.57. The van der Waals surface area contributed by atoms with Crippen molar-refractivity contribution in [3.8, 4) is 16.9 Å². The lowest BCUT2D eigenvalue weighted by atomic mass is 10.1. The molecule has 0 spiro atoms. The molecule has 0 aliphatic carbocycles. The van der Waals surface area contributed by atoms with Crippen LogP contribution in [-0.2, 0) is 4.74 Å². The van der Waals surface area contributed by atoms with Gasteiger partial charge in [0.15, 0.2) is 5.65 Å². The molecule has 2 aromatic carbocycles. The second-order valence-corrected chi connectivity index (χ2v) is 6.39. The summed E-state index contributed by atoms with van der Waals surface area (Å²) >= 11 is 0. The predicted octanol–water partition coefficient (Wildman–Crippen LogP) is 4.09. The number of ether oxygens (including phenoxy) is 1. The Labute approximate surface area is 165 Å². The molecule has 144 valence electrons. The van der Waals surface area contributed by atoms with Crippen molar-refractivity contribution in [3.63, 3.8) is 0 Å². The summed E-state index contributed by atoms with van der Waals surface area (Å²) in [4.78, 5) is 27.9. The maximum absolute atomic E-state index is 12.5. The van der Waals surface area contributed by atoms with Crippen molar-refractivity contribution >= 4 is 22.7 Å². The van der Waals surface area contributed by atoms with E-state index in [0.29, 0.717) is 33.5 Å². The van der Waals surface area contributed by atoms with Crippen LogP contribution < -0.4 is 0 Å². The second kappa shape index (κ2) is 7.16. The van der Waals surface area contributed by atoms with Crippen molar-refractivity contribution in [2.75, 3.05) is 7.11 Å². The largest absolute Gasteiger partial charge is 0.465 e. The average Bonchev–Trinajstić information content (AvgIpc) is 3.09. The predicted molar refractivity (Wildman–Crippen MR) is 107 cm³/mol. The Morgan fingerprint density at radius 2 is 1.86 bits per heavy atom. The molecule has 8 heteroatoms. The standard InChI is InChI=1S/C21H16N4O4/c1-13-19-17(21(26)29-2)12-18(14-7-6-10-16(11-14)25(27)28)22-20(19)24(23-13)15-8-4-3-5-9-15/h3-12H,1-2H3. The van der Waals surface area contributed by atoms with E-state index in [1.165, 1.54) is 19.2 Å². The third-order valence-electron chi connectivity index (χ3n) is 4.57. The van der Waals surface area contributed by atoms with Gasteiger partial charge in [-0.1, -0.05) is 30.3 Å². The number of fused-ring (bicyclic) bond motifs is 1. The maximum atomic E-state index is 12.5. The van der Waals surface area contributed by atoms with Gasteiger partial charge < -0.3 is 4.74 Å². The smallest absolute Gasteiger partial charge is 0.338 e. The number of carbonyl (C=O) groups is 1. The summed E-state index contributed by atoms with van der Waals surface area (Å²) in [5.41, 5.74) is 3.06. The number of benzene rings is 2. The van der Waals surface area contributed by atoms with Gasteiger partial charge in [-0.15, -0.1) is 0 Å². The minimum Gasteiger partial charge on any atom is -0.465 e. The number of nitro groups is 1. The highest BCUT2D eigenvalue weighted by atomic mass is 16.6. The topological polar surface area (TPSA) is 100 Å². The molecule has 0 atom stereocenters. The highest BCUT2D eigenvalue weighted by Gasteiger charge is 2.21. The van der Waals surface area contributed by atoms with E-state index in [9.17, 15) is 14.9 Å². The molecule has 0 saturated carbocycles. The zero-order valence-electron chi connectivity index (χ0n) is 15.7. The molecule has 0 fully saturated rings. The molecule has 4 aromatic rings. The van der Waals surface area contributed by atoms with Crippen LogP contribution in [-0.4, -0.2) is 32.8 Å². The minimum absolute atomic E-state index is 0.0586. The molecular formula is C21H16N4O4. The van der Waals surface area contributed by atoms with Crippen LogP contribution in [0.15, 0.2) is 60.7 Å². The molecule has 2 aromatic heterocycles. The van der Waals surface area contributed by atoms with E-state index in [2.05, 4.69) is 5.10 Å². The van der Waals surface area contributed by atoms with Gasteiger partial charge in [0.05, 0.1) is 40.1 Å². The maximum Gasteiger partial charge on any atom is 0.338 e. The Morgan fingerprint density at radius 3 is 2.55 bits per heavy atom. The summed E-state index contributed by atoms with van der Waals surface area (Å²) < 4.78 is 6.61. The van der Waals surface area contributed by atoms with Crippen LogP contribution in [0.4, 0.5) is 5.69 Å². The summed E-state index contributed by atoms with van der Waals surface area (Å²) in [5, 5.41) is 16.3. The molecule has 0 radical (unpaired) electrons. The number of nitro benzene ring substituents is 1. The van der Waals surface area contributed by atoms with Crippen molar-refractivity contribution in [1.82, 2.24) is 14.8 Å². The lowest BCUT2D eigenvalue weighted by molar-refractivity contribution is -0.384. The SMILES string of the molecule is COC(=O)c1cc(-c2cccc([N+](=O)[O-])c2)nc2c1c(C)nn2-c1ccccc1. The van der Waals surface area contributed by atoms with Gasteiger partial charge in [-0.3, -0.25) is 10.1 Å². The fourth-order valence-corrected chi connectivity index (χ4v) is 3.24. The number of esters is 1.